The molecule has 0 aliphatic carbocycles. The Morgan fingerprint density at radius 2 is 1.85 bits per heavy atom. The fourth-order valence-corrected chi connectivity index (χ4v) is 5.43. The zero-order valence-corrected chi connectivity index (χ0v) is 23.8. The third-order valence-corrected chi connectivity index (χ3v) is 8.04. The average molecular weight is 561 g/mol. The first-order chi connectivity index (χ1) is 18.9. The number of nitriles is 1. The fraction of sp³-hybridized carbons (Fsp3) is 0.333. The molecule has 0 aromatic heterocycles. The molecular weight excluding hydrogens is 528 g/mol. The second kappa shape index (κ2) is 11.5. The molecule has 1 N–H and O–H groups in total. The molecule has 0 fully saturated rings. The largest absolute Gasteiger partial charge is 0.342 e. The van der Waals surface area contributed by atoms with E-state index in [9.17, 15) is 28.1 Å². The predicted molar refractivity (Wildman–Crippen MR) is 154 cm³/mol. The van der Waals surface area contributed by atoms with Gasteiger partial charge in [-0.3, -0.25) is 14.4 Å². The van der Waals surface area contributed by atoms with E-state index in [4.69, 9.17) is 0 Å². The Morgan fingerprint density at radius 1 is 1.12 bits per heavy atom. The number of sulfone groups is 1. The van der Waals surface area contributed by atoms with Gasteiger partial charge in [0.05, 0.1) is 36.1 Å². The van der Waals surface area contributed by atoms with Crippen LogP contribution in [0.4, 0.5) is 11.4 Å². The van der Waals surface area contributed by atoms with E-state index in [-0.39, 0.29) is 30.5 Å². The van der Waals surface area contributed by atoms with Crippen molar-refractivity contribution >= 4 is 49.7 Å². The summed E-state index contributed by atoms with van der Waals surface area (Å²) in [4.78, 5) is 43.2. The minimum absolute atomic E-state index is 0.109. The van der Waals surface area contributed by atoms with Crippen molar-refractivity contribution in [2.45, 2.75) is 39.8 Å². The molecule has 2 atom stereocenters. The summed E-state index contributed by atoms with van der Waals surface area (Å²) in [5.74, 6) is -2.68. The molecular formula is C30H32N4O5S. The maximum Gasteiger partial charge on any atom is 0.251 e. The smallest absolute Gasteiger partial charge is 0.251 e. The van der Waals surface area contributed by atoms with Gasteiger partial charge in [0.1, 0.15) is 11.8 Å². The lowest BCUT2D eigenvalue weighted by Crippen LogP contribution is -2.54. The Bertz CT molecular complexity index is 1640. The van der Waals surface area contributed by atoms with Crippen LogP contribution in [0.5, 0.6) is 0 Å². The lowest BCUT2D eigenvalue weighted by atomic mass is 9.98. The number of nitrogens with one attached hydrogen (secondary N) is 1. The molecule has 3 aromatic rings. The Morgan fingerprint density at radius 3 is 2.52 bits per heavy atom. The van der Waals surface area contributed by atoms with Crippen molar-refractivity contribution in [2.75, 3.05) is 28.4 Å². The van der Waals surface area contributed by atoms with E-state index >= 15 is 0 Å². The summed E-state index contributed by atoms with van der Waals surface area (Å²) < 4.78 is 24.1. The van der Waals surface area contributed by atoms with E-state index in [1.165, 1.54) is 21.9 Å². The van der Waals surface area contributed by atoms with Crippen molar-refractivity contribution in [1.82, 2.24) is 5.32 Å². The molecule has 1 heterocycles. The monoisotopic (exact) mass is 560 g/mol. The van der Waals surface area contributed by atoms with E-state index < -0.39 is 33.4 Å². The van der Waals surface area contributed by atoms with E-state index in [1.807, 2.05) is 50.2 Å². The zero-order chi connectivity index (χ0) is 29.2. The van der Waals surface area contributed by atoms with Crippen LogP contribution in [0, 0.1) is 24.2 Å². The maximum absolute atomic E-state index is 14.2. The number of carbonyl (C=O) groups excluding carboxylic acids is 3. The van der Waals surface area contributed by atoms with Crippen LogP contribution in [0.15, 0.2) is 54.6 Å². The Balaban J connectivity index is 1.91. The highest BCUT2D eigenvalue weighted by molar-refractivity contribution is 7.91. The van der Waals surface area contributed by atoms with Crippen LogP contribution in [0.3, 0.4) is 0 Å². The number of amides is 3. The molecule has 0 saturated heterocycles. The molecule has 3 aromatic carbocycles. The standard InChI is InChI=1S/C30H32N4O5S/c1-5-19(2)29(36)32-25-17-33(28(35)18-40(4,38)39)26-13-11-21(15-31)14-27(26)34(30(25)37)16-24-20(3)10-12-22-8-6-7-9-23(22)24/h6-14,19,25H,5,16-18H2,1-4H3,(H,32,36)/t19-,25+/m1/s1. The van der Waals surface area contributed by atoms with Crippen molar-refractivity contribution < 1.29 is 22.8 Å². The highest BCUT2D eigenvalue weighted by Crippen LogP contribution is 2.36. The zero-order valence-electron chi connectivity index (χ0n) is 23.0. The van der Waals surface area contributed by atoms with Gasteiger partial charge in [0.15, 0.2) is 9.84 Å². The third-order valence-electron chi connectivity index (χ3n) is 7.27. The summed E-state index contributed by atoms with van der Waals surface area (Å²) in [6.07, 6.45) is 1.51. The number of fused-ring (bicyclic) bond motifs is 2. The van der Waals surface area contributed by atoms with E-state index in [2.05, 4.69) is 11.4 Å². The van der Waals surface area contributed by atoms with Crippen LogP contribution in [-0.4, -0.2) is 50.7 Å². The molecule has 1 aliphatic rings. The molecule has 208 valence electrons. The molecule has 0 spiro atoms. The summed E-state index contributed by atoms with van der Waals surface area (Å²) >= 11 is 0. The summed E-state index contributed by atoms with van der Waals surface area (Å²) in [7, 11) is -3.69. The number of hydrogen-bond acceptors (Lipinski definition) is 6. The van der Waals surface area contributed by atoms with Gasteiger partial charge in [-0.2, -0.15) is 5.26 Å². The van der Waals surface area contributed by atoms with Crippen LogP contribution < -0.4 is 15.1 Å². The summed E-state index contributed by atoms with van der Waals surface area (Å²) in [6.45, 7) is 5.40. The van der Waals surface area contributed by atoms with E-state index in [0.29, 0.717) is 17.8 Å². The number of carbonyl (C=O) groups is 3. The Kier molecular flexibility index (Phi) is 8.26. The van der Waals surface area contributed by atoms with Crippen LogP contribution in [0.1, 0.15) is 37.0 Å². The van der Waals surface area contributed by atoms with Gasteiger partial charge in [-0.25, -0.2) is 8.42 Å². The fourth-order valence-electron chi connectivity index (χ4n) is 4.82. The van der Waals surface area contributed by atoms with Crippen LogP contribution in [0.2, 0.25) is 0 Å². The molecule has 3 amide bonds. The quantitative estimate of drug-likeness (QED) is 0.471. The molecule has 1 aliphatic heterocycles. The molecule has 0 saturated carbocycles. The van der Waals surface area contributed by atoms with Gasteiger partial charge in [-0.05, 0) is 53.4 Å². The van der Waals surface area contributed by atoms with Crippen molar-refractivity contribution in [3.05, 3.63) is 71.3 Å². The average Bonchev–Trinajstić information content (AvgIpc) is 3.03. The molecule has 4 rings (SSSR count). The molecule has 0 bridgehead atoms. The van der Waals surface area contributed by atoms with E-state index in [1.54, 1.807) is 13.0 Å². The maximum atomic E-state index is 14.2. The molecule has 40 heavy (non-hydrogen) atoms. The topological polar surface area (TPSA) is 128 Å². The van der Waals surface area contributed by atoms with Crippen molar-refractivity contribution in [3.8, 4) is 6.07 Å². The molecule has 10 heteroatoms. The second-order valence-corrected chi connectivity index (χ2v) is 12.4. The highest BCUT2D eigenvalue weighted by Gasteiger charge is 2.38. The van der Waals surface area contributed by atoms with E-state index in [0.717, 1.165) is 28.2 Å². The minimum atomic E-state index is -3.69. The minimum Gasteiger partial charge on any atom is -0.342 e. The summed E-state index contributed by atoms with van der Waals surface area (Å²) in [6, 6.07) is 17.3. The Hall–Kier alpha value is -4.23. The Labute approximate surface area is 234 Å². The van der Waals surface area contributed by atoms with Crippen molar-refractivity contribution in [1.29, 1.82) is 5.26 Å². The normalized spacial score (nSPS) is 16.2. The second-order valence-electron chi connectivity index (χ2n) is 10.3. The van der Waals surface area contributed by atoms with Crippen LogP contribution in [0.25, 0.3) is 10.8 Å². The molecule has 0 unspecified atom stereocenters. The summed E-state index contributed by atoms with van der Waals surface area (Å²) in [5, 5.41) is 14.4. The van der Waals surface area contributed by atoms with Crippen LogP contribution in [-0.2, 0) is 30.8 Å². The number of rotatable bonds is 7. The van der Waals surface area contributed by atoms with Gasteiger partial charge in [0.2, 0.25) is 11.8 Å². The van der Waals surface area contributed by atoms with Crippen molar-refractivity contribution in [3.63, 3.8) is 0 Å². The summed E-state index contributed by atoms with van der Waals surface area (Å²) in [5.41, 5.74) is 2.67. The number of anilines is 2. The van der Waals surface area contributed by atoms with Gasteiger partial charge in [0.25, 0.3) is 5.91 Å². The number of benzene rings is 3. The molecule has 0 radical (unpaired) electrons. The van der Waals surface area contributed by atoms with Crippen LogP contribution >= 0.6 is 0 Å². The first-order valence-electron chi connectivity index (χ1n) is 13.0. The lowest BCUT2D eigenvalue weighted by Gasteiger charge is -2.27. The van der Waals surface area contributed by atoms with Gasteiger partial charge >= 0.3 is 0 Å². The van der Waals surface area contributed by atoms with Gasteiger partial charge < -0.3 is 15.1 Å². The predicted octanol–water partition coefficient (Wildman–Crippen LogP) is 3.48. The number of nitrogens with zero attached hydrogens (tertiary/aromatic N) is 3. The molecule has 9 nitrogen and oxygen atoms in total. The van der Waals surface area contributed by atoms with Gasteiger partial charge in [-0.15, -0.1) is 0 Å². The van der Waals surface area contributed by atoms with Gasteiger partial charge in [-0.1, -0.05) is 50.2 Å². The lowest BCUT2D eigenvalue weighted by molar-refractivity contribution is -0.129. The van der Waals surface area contributed by atoms with Crippen molar-refractivity contribution in [2.24, 2.45) is 5.92 Å². The number of aryl methyl sites for hydroxylation is 1. The third kappa shape index (κ3) is 6.00. The number of hydrogen-bond donors (Lipinski definition) is 1. The van der Waals surface area contributed by atoms with Gasteiger partial charge in [0, 0.05) is 12.2 Å². The SMILES string of the molecule is CC[C@@H](C)C(=O)N[C@H]1CN(C(=O)CS(C)(=O)=O)c2ccc(C#N)cc2N(Cc2c(C)ccc3ccccc23)C1=O. The highest BCUT2D eigenvalue weighted by atomic mass is 32.2. The first-order valence-corrected chi connectivity index (χ1v) is 15.1. The first kappa shape index (κ1) is 28.8.